The molecule has 1 atom stereocenters. The maximum atomic E-state index is 2.28. The summed E-state index contributed by atoms with van der Waals surface area (Å²) in [6.07, 6.45) is 10.8. The lowest BCUT2D eigenvalue weighted by Crippen LogP contribution is -2.08. The highest BCUT2D eigenvalue weighted by atomic mass is 14.2. The lowest BCUT2D eigenvalue weighted by Gasteiger charge is -2.23. The van der Waals surface area contributed by atoms with Crippen molar-refractivity contribution in [1.29, 1.82) is 0 Å². The normalized spacial score (nSPS) is 14.8. The molecule has 0 radical (unpaired) electrons. The van der Waals surface area contributed by atoms with Crippen molar-refractivity contribution < 1.29 is 0 Å². The van der Waals surface area contributed by atoms with E-state index in [1.54, 1.807) is 0 Å². The van der Waals surface area contributed by atoms with Crippen LogP contribution in [-0.2, 0) is 0 Å². The third kappa shape index (κ3) is 4.03. The van der Waals surface area contributed by atoms with E-state index in [4.69, 9.17) is 0 Å². The van der Waals surface area contributed by atoms with Crippen molar-refractivity contribution in [3.63, 3.8) is 0 Å². The molecule has 0 amide bonds. The Bertz CT molecular complexity index is 419. The van der Waals surface area contributed by atoms with Gasteiger partial charge in [0.25, 0.3) is 0 Å². The topological polar surface area (TPSA) is 0 Å². The third-order valence-corrected chi connectivity index (χ3v) is 3.02. The first kappa shape index (κ1) is 14.5. The average Bonchev–Trinajstić information content (AvgIpc) is 2.37. The maximum absolute atomic E-state index is 2.28. The lowest BCUT2D eigenvalue weighted by atomic mass is 9.82. The van der Waals surface area contributed by atoms with Gasteiger partial charge in [0.15, 0.2) is 0 Å². The van der Waals surface area contributed by atoms with E-state index in [-0.39, 0.29) is 0 Å². The second-order valence-corrected chi connectivity index (χ2v) is 4.82. The molecule has 0 aliphatic rings. The molecule has 0 aromatic heterocycles. The zero-order valence-corrected chi connectivity index (χ0v) is 11.9. The van der Waals surface area contributed by atoms with E-state index in [2.05, 4.69) is 88.4 Å². The quantitative estimate of drug-likeness (QED) is 0.596. The van der Waals surface area contributed by atoms with Gasteiger partial charge in [-0.25, -0.2) is 0 Å². The summed E-state index contributed by atoms with van der Waals surface area (Å²) in [7, 11) is 0. The largest absolute Gasteiger partial charge is 0.0877 e. The fraction of sp³-hybridized carbons (Fsp3) is 0.333. The Balaban J connectivity index is 3.17. The maximum Gasteiger partial charge on any atom is 0.0112 e. The van der Waals surface area contributed by atoms with Crippen LogP contribution in [0.25, 0.3) is 0 Å². The van der Waals surface area contributed by atoms with E-state index < -0.39 is 0 Å². The molecule has 0 bridgehead atoms. The molecule has 1 unspecified atom stereocenters. The van der Waals surface area contributed by atoms with Crippen molar-refractivity contribution in [2.24, 2.45) is 5.92 Å². The fourth-order valence-electron chi connectivity index (χ4n) is 2.29. The molecule has 0 heteroatoms. The highest BCUT2D eigenvalue weighted by Gasteiger charge is 2.17. The predicted octanol–water partition coefficient (Wildman–Crippen LogP) is 5.50. The molecule has 1 aromatic carbocycles. The Morgan fingerprint density at radius 3 is 2.17 bits per heavy atom. The van der Waals surface area contributed by atoms with Gasteiger partial charge in [-0.3, -0.25) is 0 Å². The van der Waals surface area contributed by atoms with Gasteiger partial charge in [-0.1, -0.05) is 74.6 Å². The molecule has 1 rings (SSSR count). The van der Waals surface area contributed by atoms with Gasteiger partial charge in [-0.2, -0.15) is 0 Å². The van der Waals surface area contributed by atoms with Crippen molar-refractivity contribution in [2.45, 2.75) is 33.6 Å². The number of allylic oxidation sites excluding steroid dienone is 6. The molecule has 0 saturated carbocycles. The van der Waals surface area contributed by atoms with Crippen molar-refractivity contribution >= 4 is 0 Å². The third-order valence-electron chi connectivity index (χ3n) is 3.02. The second-order valence-electron chi connectivity index (χ2n) is 4.82. The van der Waals surface area contributed by atoms with Crippen LogP contribution < -0.4 is 0 Å². The minimum atomic E-state index is 0.457. The van der Waals surface area contributed by atoms with Crippen molar-refractivity contribution in [1.82, 2.24) is 0 Å². The second kappa shape index (κ2) is 7.71. The van der Waals surface area contributed by atoms with Crippen molar-refractivity contribution in [3.05, 3.63) is 71.8 Å². The standard InChI is InChI=1S/C18H24/c1-5-7-12-16(11-6-2)18(15(3)4)17-13-9-8-10-14-17/h5-15,18H,1-4H3/b7-5-,11-6-,16-12+. The summed E-state index contributed by atoms with van der Waals surface area (Å²) in [5, 5.41) is 0. The fourth-order valence-corrected chi connectivity index (χ4v) is 2.29. The monoisotopic (exact) mass is 240 g/mol. The number of rotatable bonds is 5. The van der Waals surface area contributed by atoms with Crippen LogP contribution in [0.4, 0.5) is 0 Å². The van der Waals surface area contributed by atoms with Gasteiger partial charge in [0.05, 0.1) is 0 Å². The van der Waals surface area contributed by atoms with Gasteiger partial charge in [0.2, 0.25) is 0 Å². The molecule has 1 aromatic rings. The Labute approximate surface area is 112 Å². The van der Waals surface area contributed by atoms with E-state index in [0.29, 0.717) is 11.8 Å². The van der Waals surface area contributed by atoms with E-state index in [1.807, 2.05) is 0 Å². The summed E-state index contributed by atoms with van der Waals surface area (Å²) in [4.78, 5) is 0. The average molecular weight is 240 g/mol. The minimum Gasteiger partial charge on any atom is -0.0877 e. The lowest BCUT2D eigenvalue weighted by molar-refractivity contribution is 0.563. The van der Waals surface area contributed by atoms with Gasteiger partial charge in [-0.15, -0.1) is 0 Å². The SMILES string of the molecule is C\C=C/C=C(\C=C/C)C(c1ccccc1)C(C)C. The summed E-state index contributed by atoms with van der Waals surface area (Å²) in [6.45, 7) is 8.69. The van der Waals surface area contributed by atoms with Crippen LogP contribution in [0.3, 0.4) is 0 Å². The Kier molecular flexibility index (Phi) is 6.21. The molecular formula is C18H24. The van der Waals surface area contributed by atoms with Crippen molar-refractivity contribution in [3.8, 4) is 0 Å². The van der Waals surface area contributed by atoms with Gasteiger partial charge in [0, 0.05) is 5.92 Å². The van der Waals surface area contributed by atoms with Crippen LogP contribution in [0.5, 0.6) is 0 Å². The zero-order valence-electron chi connectivity index (χ0n) is 11.9. The first-order valence-corrected chi connectivity index (χ1v) is 6.71. The van der Waals surface area contributed by atoms with E-state index in [9.17, 15) is 0 Å². The molecule has 0 heterocycles. The predicted molar refractivity (Wildman–Crippen MR) is 81.7 cm³/mol. The van der Waals surface area contributed by atoms with E-state index in [1.165, 1.54) is 11.1 Å². The Morgan fingerprint density at radius 1 is 1.00 bits per heavy atom. The van der Waals surface area contributed by atoms with Crippen LogP contribution >= 0.6 is 0 Å². The van der Waals surface area contributed by atoms with Crippen LogP contribution in [-0.4, -0.2) is 0 Å². The highest BCUT2D eigenvalue weighted by molar-refractivity contribution is 5.37. The Morgan fingerprint density at radius 2 is 1.67 bits per heavy atom. The van der Waals surface area contributed by atoms with Gasteiger partial charge in [0.1, 0.15) is 0 Å². The first-order chi connectivity index (χ1) is 8.70. The minimum absolute atomic E-state index is 0.457. The summed E-state index contributed by atoms with van der Waals surface area (Å²) in [6, 6.07) is 10.8. The van der Waals surface area contributed by atoms with Crippen LogP contribution in [0.2, 0.25) is 0 Å². The molecule has 0 aliphatic carbocycles. The van der Waals surface area contributed by atoms with Crippen LogP contribution in [0, 0.1) is 5.92 Å². The molecule has 0 N–H and O–H groups in total. The molecule has 0 aliphatic heterocycles. The van der Waals surface area contributed by atoms with Gasteiger partial charge in [-0.05, 0) is 30.9 Å². The van der Waals surface area contributed by atoms with Crippen LogP contribution in [0.1, 0.15) is 39.2 Å². The molecular weight excluding hydrogens is 216 g/mol. The summed E-state index contributed by atoms with van der Waals surface area (Å²) >= 11 is 0. The van der Waals surface area contributed by atoms with Crippen molar-refractivity contribution in [2.75, 3.05) is 0 Å². The summed E-state index contributed by atoms with van der Waals surface area (Å²) in [5.41, 5.74) is 2.76. The Hall–Kier alpha value is -1.56. The van der Waals surface area contributed by atoms with E-state index >= 15 is 0 Å². The number of hydrogen-bond acceptors (Lipinski definition) is 0. The molecule has 0 fully saturated rings. The number of hydrogen-bond donors (Lipinski definition) is 0. The molecule has 96 valence electrons. The van der Waals surface area contributed by atoms with Crippen LogP contribution in [0.15, 0.2) is 66.3 Å². The van der Waals surface area contributed by atoms with E-state index in [0.717, 1.165) is 0 Å². The smallest absolute Gasteiger partial charge is 0.0112 e. The molecule has 0 nitrogen and oxygen atoms in total. The molecule has 0 saturated heterocycles. The molecule has 0 spiro atoms. The zero-order chi connectivity index (χ0) is 13.4. The van der Waals surface area contributed by atoms with Gasteiger partial charge >= 0.3 is 0 Å². The molecule has 18 heavy (non-hydrogen) atoms. The summed E-state index contributed by atoms with van der Waals surface area (Å²) < 4.78 is 0. The number of benzene rings is 1. The first-order valence-electron chi connectivity index (χ1n) is 6.71. The highest BCUT2D eigenvalue weighted by Crippen LogP contribution is 2.32. The van der Waals surface area contributed by atoms with Gasteiger partial charge < -0.3 is 0 Å². The summed E-state index contributed by atoms with van der Waals surface area (Å²) in [5.74, 6) is 1.04.